The Kier molecular flexibility index (Phi) is 3.80. The molecule has 0 radical (unpaired) electrons. The molecule has 5 rings (SSSR count). The SMILES string of the molecule is C[C@H](NS(=O)(=O)Cc1ccccc1)C12CC3CC(CC(C3)C1)C2. The molecule has 1 aromatic carbocycles. The molecule has 1 aromatic rings. The van der Waals surface area contributed by atoms with Crippen molar-refractivity contribution in [3.05, 3.63) is 35.9 Å². The largest absolute Gasteiger partial charge is 0.216 e. The first-order valence-corrected chi connectivity index (χ1v) is 10.6. The molecule has 0 aromatic heterocycles. The fraction of sp³-hybridized carbons (Fsp3) is 0.684. The summed E-state index contributed by atoms with van der Waals surface area (Å²) in [5.74, 6) is 2.64. The van der Waals surface area contributed by atoms with E-state index in [1.807, 2.05) is 30.3 Å². The average molecular weight is 333 g/mol. The summed E-state index contributed by atoms with van der Waals surface area (Å²) in [6.07, 6.45) is 7.87. The lowest BCUT2D eigenvalue weighted by Gasteiger charge is -2.59. The van der Waals surface area contributed by atoms with E-state index >= 15 is 0 Å². The van der Waals surface area contributed by atoms with Gasteiger partial charge in [0.25, 0.3) is 0 Å². The summed E-state index contributed by atoms with van der Waals surface area (Å²) in [5, 5.41) is 0. The van der Waals surface area contributed by atoms with Crippen LogP contribution in [0.3, 0.4) is 0 Å². The minimum absolute atomic E-state index is 0.0598. The number of nitrogens with one attached hydrogen (secondary N) is 1. The van der Waals surface area contributed by atoms with Gasteiger partial charge in [0.15, 0.2) is 0 Å². The highest BCUT2D eigenvalue weighted by Gasteiger charge is 2.53. The molecular formula is C19H27NO2S. The van der Waals surface area contributed by atoms with Crippen molar-refractivity contribution >= 4 is 10.0 Å². The van der Waals surface area contributed by atoms with E-state index in [2.05, 4.69) is 11.6 Å². The van der Waals surface area contributed by atoms with Crippen LogP contribution in [0.1, 0.15) is 51.0 Å². The Bertz CT molecular complexity index is 633. The van der Waals surface area contributed by atoms with Gasteiger partial charge in [0.2, 0.25) is 10.0 Å². The van der Waals surface area contributed by atoms with Gasteiger partial charge < -0.3 is 0 Å². The Labute approximate surface area is 139 Å². The normalized spacial score (nSPS) is 37.0. The first kappa shape index (κ1) is 15.6. The van der Waals surface area contributed by atoms with E-state index in [-0.39, 0.29) is 17.2 Å². The molecule has 0 amide bonds. The molecule has 4 aliphatic carbocycles. The second-order valence-corrected chi connectivity index (χ2v) is 10.1. The summed E-state index contributed by atoms with van der Waals surface area (Å²) < 4.78 is 28.2. The molecule has 0 heterocycles. The van der Waals surface area contributed by atoms with Crippen LogP contribution in [-0.4, -0.2) is 14.5 Å². The number of rotatable bonds is 5. The van der Waals surface area contributed by atoms with Crippen molar-refractivity contribution < 1.29 is 8.42 Å². The quantitative estimate of drug-likeness (QED) is 0.893. The standard InChI is InChI=1S/C19H27NO2S/c1-14(20-23(21,22)13-15-5-3-2-4-6-15)19-10-16-7-17(11-19)9-18(8-16)12-19/h2-6,14,16-18,20H,7-13H2,1H3/t14-,16?,17?,18?,19?/m0/s1. The summed E-state index contributed by atoms with van der Waals surface area (Å²) in [6, 6.07) is 9.54. The molecule has 1 N–H and O–H groups in total. The maximum atomic E-state index is 12.6. The highest BCUT2D eigenvalue weighted by atomic mass is 32.2. The first-order valence-electron chi connectivity index (χ1n) is 8.98. The van der Waals surface area contributed by atoms with Crippen LogP contribution < -0.4 is 4.72 Å². The molecule has 23 heavy (non-hydrogen) atoms. The van der Waals surface area contributed by atoms with E-state index in [0.29, 0.717) is 0 Å². The van der Waals surface area contributed by atoms with Crippen LogP contribution in [0, 0.1) is 23.2 Å². The Hall–Kier alpha value is -0.870. The van der Waals surface area contributed by atoms with Crippen molar-refractivity contribution in [3.8, 4) is 0 Å². The zero-order valence-corrected chi connectivity index (χ0v) is 14.7. The number of hydrogen-bond acceptors (Lipinski definition) is 2. The van der Waals surface area contributed by atoms with Gasteiger partial charge in [-0.25, -0.2) is 13.1 Å². The lowest BCUT2D eigenvalue weighted by Crippen LogP contribution is -2.55. The van der Waals surface area contributed by atoms with Crippen molar-refractivity contribution in [2.24, 2.45) is 23.2 Å². The van der Waals surface area contributed by atoms with Crippen LogP contribution in [0.2, 0.25) is 0 Å². The van der Waals surface area contributed by atoms with Gasteiger partial charge in [-0.3, -0.25) is 0 Å². The number of sulfonamides is 1. The molecule has 1 atom stereocenters. The molecule has 4 aliphatic rings. The highest BCUT2D eigenvalue weighted by Crippen LogP contribution is 2.61. The Morgan fingerprint density at radius 3 is 2.09 bits per heavy atom. The summed E-state index contributed by atoms with van der Waals surface area (Å²) in [5.41, 5.74) is 1.08. The molecule has 0 saturated heterocycles. The van der Waals surface area contributed by atoms with E-state index in [0.717, 1.165) is 23.3 Å². The fourth-order valence-corrected chi connectivity index (χ4v) is 7.44. The van der Waals surface area contributed by atoms with E-state index < -0.39 is 10.0 Å². The first-order chi connectivity index (χ1) is 10.9. The van der Waals surface area contributed by atoms with Crippen LogP contribution in [-0.2, 0) is 15.8 Å². The van der Waals surface area contributed by atoms with Crippen LogP contribution in [0.25, 0.3) is 0 Å². The van der Waals surface area contributed by atoms with Crippen LogP contribution >= 0.6 is 0 Å². The molecule has 0 aliphatic heterocycles. The zero-order chi connectivity index (χ0) is 16.1. The predicted molar refractivity (Wildman–Crippen MR) is 92.3 cm³/mol. The molecular weight excluding hydrogens is 306 g/mol. The summed E-state index contributed by atoms with van der Waals surface area (Å²) in [4.78, 5) is 0. The molecule has 126 valence electrons. The summed E-state index contributed by atoms with van der Waals surface area (Å²) in [7, 11) is -3.28. The lowest BCUT2D eigenvalue weighted by molar-refractivity contribution is -0.0666. The maximum Gasteiger partial charge on any atom is 0.216 e. The monoisotopic (exact) mass is 333 g/mol. The van der Waals surface area contributed by atoms with Crippen molar-refractivity contribution in [2.75, 3.05) is 0 Å². The van der Waals surface area contributed by atoms with E-state index in [1.54, 1.807) is 0 Å². The Balaban J connectivity index is 1.48. The van der Waals surface area contributed by atoms with Gasteiger partial charge in [0.1, 0.15) is 0 Å². The predicted octanol–water partition coefficient (Wildman–Crippen LogP) is 3.71. The third kappa shape index (κ3) is 3.08. The fourth-order valence-electron chi connectivity index (χ4n) is 5.94. The Morgan fingerprint density at radius 2 is 1.57 bits per heavy atom. The van der Waals surface area contributed by atoms with E-state index in [9.17, 15) is 8.42 Å². The van der Waals surface area contributed by atoms with Gasteiger partial charge in [-0.15, -0.1) is 0 Å². The molecule has 4 saturated carbocycles. The van der Waals surface area contributed by atoms with Gasteiger partial charge in [0.05, 0.1) is 5.75 Å². The average Bonchev–Trinajstić information content (AvgIpc) is 2.45. The molecule has 4 heteroatoms. The van der Waals surface area contributed by atoms with Gasteiger partial charge in [-0.2, -0.15) is 0 Å². The van der Waals surface area contributed by atoms with Gasteiger partial charge in [0, 0.05) is 6.04 Å². The molecule has 4 fully saturated rings. The summed E-state index contributed by atoms with van der Waals surface area (Å²) >= 11 is 0. The molecule has 0 unspecified atom stereocenters. The van der Waals surface area contributed by atoms with Crippen molar-refractivity contribution in [1.82, 2.24) is 4.72 Å². The minimum atomic E-state index is -3.28. The van der Waals surface area contributed by atoms with Crippen molar-refractivity contribution in [3.63, 3.8) is 0 Å². The molecule has 3 nitrogen and oxygen atoms in total. The zero-order valence-electron chi connectivity index (χ0n) is 13.9. The Morgan fingerprint density at radius 1 is 1.04 bits per heavy atom. The number of benzene rings is 1. The van der Waals surface area contributed by atoms with Crippen LogP contribution in [0.5, 0.6) is 0 Å². The lowest BCUT2D eigenvalue weighted by atomic mass is 9.48. The maximum absolute atomic E-state index is 12.6. The van der Waals surface area contributed by atoms with Gasteiger partial charge >= 0.3 is 0 Å². The topological polar surface area (TPSA) is 46.2 Å². The smallest absolute Gasteiger partial charge is 0.212 e. The third-order valence-corrected chi connectivity index (χ3v) is 7.99. The highest BCUT2D eigenvalue weighted by molar-refractivity contribution is 7.88. The molecule has 0 spiro atoms. The van der Waals surface area contributed by atoms with Crippen molar-refractivity contribution in [1.29, 1.82) is 0 Å². The van der Waals surface area contributed by atoms with Crippen LogP contribution in [0.15, 0.2) is 30.3 Å². The number of hydrogen-bond donors (Lipinski definition) is 1. The molecule has 4 bridgehead atoms. The van der Waals surface area contributed by atoms with Crippen LogP contribution in [0.4, 0.5) is 0 Å². The third-order valence-electron chi connectivity index (χ3n) is 6.56. The van der Waals surface area contributed by atoms with Gasteiger partial charge in [-0.1, -0.05) is 30.3 Å². The van der Waals surface area contributed by atoms with Crippen molar-refractivity contribution in [2.45, 2.75) is 57.2 Å². The van der Waals surface area contributed by atoms with Gasteiger partial charge in [-0.05, 0) is 74.2 Å². The second-order valence-electron chi connectivity index (χ2n) is 8.36. The minimum Gasteiger partial charge on any atom is -0.212 e. The second kappa shape index (κ2) is 5.59. The van der Waals surface area contributed by atoms with E-state index in [4.69, 9.17) is 0 Å². The summed E-state index contributed by atoms with van der Waals surface area (Å²) in [6.45, 7) is 2.11. The van der Waals surface area contributed by atoms with E-state index in [1.165, 1.54) is 38.5 Å².